The van der Waals surface area contributed by atoms with E-state index < -0.39 is 0 Å². The lowest BCUT2D eigenvalue weighted by molar-refractivity contribution is 0.162. The largest absolute Gasteiger partial charge is 0.383 e. The van der Waals surface area contributed by atoms with Crippen molar-refractivity contribution in [3.05, 3.63) is 11.9 Å². The van der Waals surface area contributed by atoms with Gasteiger partial charge in [-0.15, -0.1) is 0 Å². The minimum Gasteiger partial charge on any atom is -0.383 e. The summed E-state index contributed by atoms with van der Waals surface area (Å²) in [5, 5.41) is 3.57. The number of hydrogen-bond donors (Lipinski definition) is 1. The molecule has 0 aromatic carbocycles. The van der Waals surface area contributed by atoms with Crippen LogP contribution in [0.1, 0.15) is 44.8 Å². The Hall–Kier alpha value is -1.03. The molecule has 1 N–H and O–H groups in total. The Morgan fingerprint density at radius 3 is 2.78 bits per heavy atom. The van der Waals surface area contributed by atoms with Gasteiger partial charge in [0.15, 0.2) is 0 Å². The van der Waals surface area contributed by atoms with Gasteiger partial charge >= 0.3 is 0 Å². The summed E-state index contributed by atoms with van der Waals surface area (Å²) >= 11 is 0. The zero-order chi connectivity index (χ0) is 13.1. The van der Waals surface area contributed by atoms with E-state index in [2.05, 4.69) is 34.9 Å². The van der Waals surface area contributed by atoms with Gasteiger partial charge in [-0.1, -0.05) is 6.42 Å². The lowest BCUT2D eigenvalue weighted by Crippen LogP contribution is -2.32. The van der Waals surface area contributed by atoms with E-state index in [9.17, 15) is 0 Å². The predicted molar refractivity (Wildman–Crippen MR) is 74.0 cm³/mol. The van der Waals surface area contributed by atoms with Gasteiger partial charge in [0, 0.05) is 19.3 Å². The molecule has 2 unspecified atom stereocenters. The third kappa shape index (κ3) is 2.86. The van der Waals surface area contributed by atoms with Crippen LogP contribution >= 0.6 is 0 Å². The number of nitrogens with zero attached hydrogens (tertiary/aromatic N) is 2. The molecule has 2 rings (SSSR count). The molecular weight excluding hydrogens is 226 g/mol. The molecule has 0 aliphatic heterocycles. The summed E-state index contributed by atoms with van der Waals surface area (Å²) < 4.78 is 7.42. The lowest BCUT2D eigenvalue weighted by Gasteiger charge is -2.32. The van der Waals surface area contributed by atoms with Crippen LogP contribution in [-0.2, 0) is 4.74 Å². The molecule has 4 nitrogen and oxygen atoms in total. The molecular formula is C14H25N3O. The minimum absolute atomic E-state index is 0.312. The predicted octanol–water partition coefficient (Wildman–Crippen LogP) is 3.00. The van der Waals surface area contributed by atoms with Gasteiger partial charge in [0.1, 0.15) is 0 Å². The first-order chi connectivity index (χ1) is 8.61. The Bertz CT molecular complexity index is 384. The number of rotatable bonds is 6. The second-order valence-electron chi connectivity index (χ2n) is 5.54. The average Bonchev–Trinajstić information content (AvgIpc) is 2.57. The van der Waals surface area contributed by atoms with Gasteiger partial charge in [0.25, 0.3) is 0 Å². The van der Waals surface area contributed by atoms with Crippen molar-refractivity contribution < 1.29 is 4.74 Å². The van der Waals surface area contributed by atoms with E-state index >= 15 is 0 Å². The fourth-order valence-electron chi connectivity index (χ4n) is 2.54. The molecule has 0 bridgehead atoms. The number of aromatic nitrogens is 2. The number of anilines is 1. The highest BCUT2D eigenvalue weighted by Crippen LogP contribution is 2.31. The molecule has 102 valence electrons. The smallest absolute Gasteiger partial charge is 0.203 e. The molecule has 1 aromatic rings. The molecule has 1 aliphatic carbocycles. The zero-order valence-electron chi connectivity index (χ0n) is 11.9. The molecule has 1 heterocycles. The minimum atomic E-state index is 0.312. The summed E-state index contributed by atoms with van der Waals surface area (Å²) in [4.78, 5) is 4.59. The van der Waals surface area contributed by atoms with E-state index in [1.807, 2.05) is 6.92 Å². The number of aryl methyl sites for hydroxylation is 1. The Morgan fingerprint density at radius 1 is 1.50 bits per heavy atom. The summed E-state index contributed by atoms with van der Waals surface area (Å²) in [6.45, 7) is 7.17. The van der Waals surface area contributed by atoms with Crippen LogP contribution in [0.5, 0.6) is 0 Å². The Balaban J connectivity index is 2.06. The van der Waals surface area contributed by atoms with Crippen LogP contribution in [0.15, 0.2) is 6.20 Å². The van der Waals surface area contributed by atoms with Gasteiger partial charge in [0.05, 0.1) is 18.3 Å². The summed E-state index contributed by atoms with van der Waals surface area (Å²) in [5.74, 6) is 1.80. The standard InChI is InChI=1S/C14H25N3O/c1-10-8-17(11(2)9-18-4)14(15-10)16-12(3)13-6-5-7-13/h8,11-13H,5-7,9H2,1-4H3,(H,15,16). The topological polar surface area (TPSA) is 39.1 Å². The fourth-order valence-corrected chi connectivity index (χ4v) is 2.54. The van der Waals surface area contributed by atoms with Crippen molar-refractivity contribution in [3.8, 4) is 0 Å². The molecule has 1 fully saturated rings. The second kappa shape index (κ2) is 5.74. The van der Waals surface area contributed by atoms with Crippen molar-refractivity contribution in [1.82, 2.24) is 9.55 Å². The molecule has 0 amide bonds. The van der Waals surface area contributed by atoms with Crippen LogP contribution in [0, 0.1) is 12.8 Å². The van der Waals surface area contributed by atoms with Gasteiger partial charge in [-0.25, -0.2) is 4.98 Å². The van der Waals surface area contributed by atoms with Crippen LogP contribution in [0.25, 0.3) is 0 Å². The van der Waals surface area contributed by atoms with Crippen LogP contribution in [0.4, 0.5) is 5.95 Å². The Labute approximate surface area is 110 Å². The number of hydrogen-bond acceptors (Lipinski definition) is 3. The van der Waals surface area contributed by atoms with Gasteiger partial charge in [0.2, 0.25) is 5.95 Å². The molecule has 0 spiro atoms. The highest BCUT2D eigenvalue weighted by molar-refractivity contribution is 5.31. The van der Waals surface area contributed by atoms with Crippen LogP contribution in [0.2, 0.25) is 0 Å². The quantitative estimate of drug-likeness (QED) is 0.844. The molecule has 1 saturated carbocycles. The Kier molecular flexibility index (Phi) is 4.27. The van der Waals surface area contributed by atoms with Crippen molar-refractivity contribution in [1.29, 1.82) is 0 Å². The maximum Gasteiger partial charge on any atom is 0.203 e. The van der Waals surface area contributed by atoms with Crippen LogP contribution < -0.4 is 5.32 Å². The molecule has 0 radical (unpaired) electrons. The molecule has 1 aliphatic rings. The lowest BCUT2D eigenvalue weighted by atomic mass is 9.80. The summed E-state index contributed by atoms with van der Waals surface area (Å²) in [6, 6.07) is 0.821. The molecule has 0 saturated heterocycles. The number of methoxy groups -OCH3 is 1. The van der Waals surface area contributed by atoms with Gasteiger partial charge < -0.3 is 14.6 Å². The highest BCUT2D eigenvalue weighted by atomic mass is 16.5. The second-order valence-corrected chi connectivity index (χ2v) is 5.54. The van der Waals surface area contributed by atoms with Gasteiger partial charge in [-0.05, 0) is 39.5 Å². The van der Waals surface area contributed by atoms with Gasteiger partial charge in [-0.3, -0.25) is 0 Å². The van der Waals surface area contributed by atoms with Gasteiger partial charge in [-0.2, -0.15) is 0 Å². The SMILES string of the molecule is COCC(C)n1cc(C)nc1NC(C)C1CCC1. The van der Waals surface area contributed by atoms with E-state index in [-0.39, 0.29) is 0 Å². The van der Waals surface area contributed by atoms with E-state index in [1.54, 1.807) is 7.11 Å². The average molecular weight is 251 g/mol. The van der Waals surface area contributed by atoms with Crippen molar-refractivity contribution in [3.63, 3.8) is 0 Å². The summed E-state index contributed by atoms with van der Waals surface area (Å²) in [5.41, 5.74) is 1.06. The van der Waals surface area contributed by atoms with E-state index in [0.717, 1.165) is 17.6 Å². The zero-order valence-corrected chi connectivity index (χ0v) is 11.9. The maximum absolute atomic E-state index is 5.23. The molecule has 1 aromatic heterocycles. The molecule has 4 heteroatoms. The first-order valence-corrected chi connectivity index (χ1v) is 6.92. The van der Waals surface area contributed by atoms with Crippen molar-refractivity contribution >= 4 is 5.95 Å². The van der Waals surface area contributed by atoms with Crippen LogP contribution in [-0.4, -0.2) is 29.3 Å². The van der Waals surface area contributed by atoms with Crippen LogP contribution in [0.3, 0.4) is 0 Å². The fraction of sp³-hybridized carbons (Fsp3) is 0.786. The molecule has 18 heavy (non-hydrogen) atoms. The van der Waals surface area contributed by atoms with Crippen molar-refractivity contribution in [2.24, 2.45) is 5.92 Å². The first-order valence-electron chi connectivity index (χ1n) is 6.92. The summed E-state index contributed by atoms with van der Waals surface area (Å²) in [7, 11) is 1.74. The third-order valence-corrected chi connectivity index (χ3v) is 3.95. The highest BCUT2D eigenvalue weighted by Gasteiger charge is 2.25. The van der Waals surface area contributed by atoms with E-state index in [4.69, 9.17) is 4.74 Å². The summed E-state index contributed by atoms with van der Waals surface area (Å²) in [6.07, 6.45) is 6.17. The maximum atomic E-state index is 5.23. The Morgan fingerprint density at radius 2 is 2.22 bits per heavy atom. The first kappa shape index (κ1) is 13.4. The number of ether oxygens (including phenoxy) is 1. The number of imidazole rings is 1. The van der Waals surface area contributed by atoms with Crippen molar-refractivity contribution in [2.45, 2.75) is 52.1 Å². The van der Waals surface area contributed by atoms with E-state index in [0.29, 0.717) is 18.7 Å². The normalized spacial score (nSPS) is 19.3. The van der Waals surface area contributed by atoms with E-state index in [1.165, 1.54) is 19.3 Å². The monoisotopic (exact) mass is 251 g/mol. The third-order valence-electron chi connectivity index (χ3n) is 3.95. The molecule has 2 atom stereocenters. The number of nitrogens with one attached hydrogen (secondary N) is 1. The van der Waals surface area contributed by atoms with Crippen molar-refractivity contribution in [2.75, 3.05) is 19.0 Å².